The van der Waals surface area contributed by atoms with Gasteiger partial charge in [-0.15, -0.1) is 0 Å². The Kier molecular flexibility index (Phi) is 4.20. The maximum atomic E-state index is 12.7. The standard InChI is InChI=1S/C13H15ClF3NO/c1-7-5-9(14)8(13(15,16)17)6-10(7)18-11(19)12(2,3)4/h5-6H,1-4H3,(H,18,19). The Labute approximate surface area is 114 Å². The molecule has 0 saturated heterocycles. The third kappa shape index (κ3) is 3.86. The number of amides is 1. The number of carbonyl (C=O) groups excluding carboxylic acids is 1. The highest BCUT2D eigenvalue weighted by Crippen LogP contribution is 2.37. The first-order valence-electron chi connectivity index (χ1n) is 5.61. The molecule has 0 aromatic heterocycles. The van der Waals surface area contributed by atoms with Crippen molar-refractivity contribution in [1.29, 1.82) is 0 Å². The number of alkyl halides is 3. The van der Waals surface area contributed by atoms with Gasteiger partial charge in [0.2, 0.25) is 5.91 Å². The van der Waals surface area contributed by atoms with Gasteiger partial charge in [0.1, 0.15) is 0 Å². The van der Waals surface area contributed by atoms with Gasteiger partial charge < -0.3 is 5.32 Å². The summed E-state index contributed by atoms with van der Waals surface area (Å²) in [4.78, 5) is 11.8. The second-order valence-electron chi connectivity index (χ2n) is 5.35. The van der Waals surface area contributed by atoms with E-state index in [1.165, 1.54) is 6.07 Å². The molecule has 6 heteroatoms. The number of hydrogen-bond donors (Lipinski definition) is 1. The van der Waals surface area contributed by atoms with Crippen LogP contribution in [-0.2, 0) is 11.0 Å². The number of nitrogens with one attached hydrogen (secondary N) is 1. The van der Waals surface area contributed by atoms with Crippen LogP contribution in [0.5, 0.6) is 0 Å². The van der Waals surface area contributed by atoms with Gasteiger partial charge in [-0.2, -0.15) is 13.2 Å². The summed E-state index contributed by atoms with van der Waals surface area (Å²) in [7, 11) is 0. The molecule has 0 heterocycles. The summed E-state index contributed by atoms with van der Waals surface area (Å²) in [5.41, 5.74) is -1.04. The Balaban J connectivity index is 3.20. The third-order valence-corrected chi connectivity index (χ3v) is 2.86. The molecule has 0 aliphatic rings. The van der Waals surface area contributed by atoms with E-state index in [-0.39, 0.29) is 16.6 Å². The van der Waals surface area contributed by atoms with E-state index < -0.39 is 17.2 Å². The second kappa shape index (κ2) is 5.04. The molecular formula is C13H15ClF3NO. The van der Waals surface area contributed by atoms with Crippen LogP contribution in [0.3, 0.4) is 0 Å². The van der Waals surface area contributed by atoms with Gasteiger partial charge in [-0.1, -0.05) is 32.4 Å². The van der Waals surface area contributed by atoms with Gasteiger partial charge in [-0.3, -0.25) is 4.79 Å². The van der Waals surface area contributed by atoms with Gasteiger partial charge in [-0.05, 0) is 24.6 Å². The molecule has 0 atom stereocenters. The van der Waals surface area contributed by atoms with E-state index in [1.54, 1.807) is 27.7 Å². The summed E-state index contributed by atoms with van der Waals surface area (Å²) in [6.07, 6.45) is -4.55. The van der Waals surface area contributed by atoms with E-state index in [0.717, 1.165) is 6.07 Å². The molecule has 0 fully saturated rings. The third-order valence-electron chi connectivity index (χ3n) is 2.55. The van der Waals surface area contributed by atoms with Gasteiger partial charge in [-0.25, -0.2) is 0 Å². The van der Waals surface area contributed by atoms with Crippen molar-refractivity contribution in [3.8, 4) is 0 Å². The quantitative estimate of drug-likeness (QED) is 0.802. The Morgan fingerprint density at radius 2 is 1.74 bits per heavy atom. The average molecular weight is 294 g/mol. The molecule has 0 unspecified atom stereocenters. The van der Waals surface area contributed by atoms with Crippen LogP contribution < -0.4 is 5.32 Å². The topological polar surface area (TPSA) is 29.1 Å². The summed E-state index contributed by atoms with van der Waals surface area (Å²) < 4.78 is 38.2. The van der Waals surface area contributed by atoms with Crippen LogP contribution in [0.4, 0.5) is 18.9 Å². The SMILES string of the molecule is Cc1cc(Cl)c(C(F)(F)F)cc1NC(=O)C(C)(C)C. The molecular weight excluding hydrogens is 279 g/mol. The van der Waals surface area contributed by atoms with Gasteiger partial charge in [0.05, 0.1) is 10.6 Å². The van der Waals surface area contributed by atoms with Crippen LogP contribution in [0.15, 0.2) is 12.1 Å². The van der Waals surface area contributed by atoms with Crippen molar-refractivity contribution in [3.05, 3.63) is 28.3 Å². The van der Waals surface area contributed by atoms with Crippen LogP contribution in [0.2, 0.25) is 5.02 Å². The number of carbonyl (C=O) groups is 1. The monoisotopic (exact) mass is 293 g/mol. The van der Waals surface area contributed by atoms with Gasteiger partial charge in [0.15, 0.2) is 0 Å². The molecule has 19 heavy (non-hydrogen) atoms. The Hall–Kier alpha value is -1.23. The van der Waals surface area contributed by atoms with E-state index in [1.807, 2.05) is 0 Å². The fraction of sp³-hybridized carbons (Fsp3) is 0.462. The lowest BCUT2D eigenvalue weighted by atomic mass is 9.95. The van der Waals surface area contributed by atoms with Crippen molar-refractivity contribution in [2.45, 2.75) is 33.9 Å². The highest BCUT2D eigenvalue weighted by atomic mass is 35.5. The number of halogens is 4. The first kappa shape index (κ1) is 15.8. The predicted octanol–water partition coefficient (Wildman–Crippen LogP) is 4.65. The summed E-state index contributed by atoms with van der Waals surface area (Å²) in [6, 6.07) is 2.06. The first-order chi connectivity index (χ1) is 8.43. The van der Waals surface area contributed by atoms with Crippen molar-refractivity contribution in [1.82, 2.24) is 0 Å². The molecule has 1 aromatic carbocycles. The van der Waals surface area contributed by atoms with E-state index in [4.69, 9.17) is 11.6 Å². The molecule has 0 spiro atoms. The van der Waals surface area contributed by atoms with Crippen molar-refractivity contribution >= 4 is 23.2 Å². The van der Waals surface area contributed by atoms with E-state index in [2.05, 4.69) is 5.32 Å². The van der Waals surface area contributed by atoms with Crippen molar-refractivity contribution in [2.75, 3.05) is 5.32 Å². The fourth-order valence-electron chi connectivity index (χ4n) is 1.33. The number of anilines is 1. The zero-order valence-corrected chi connectivity index (χ0v) is 11.8. The molecule has 1 amide bonds. The van der Waals surface area contributed by atoms with Crippen molar-refractivity contribution in [3.63, 3.8) is 0 Å². The smallest absolute Gasteiger partial charge is 0.325 e. The lowest BCUT2D eigenvalue weighted by Gasteiger charge is -2.20. The Morgan fingerprint density at radius 3 is 2.16 bits per heavy atom. The van der Waals surface area contributed by atoms with Crippen LogP contribution >= 0.6 is 11.6 Å². The van der Waals surface area contributed by atoms with E-state index in [0.29, 0.717) is 5.56 Å². The van der Waals surface area contributed by atoms with Gasteiger partial charge >= 0.3 is 6.18 Å². The number of benzene rings is 1. The highest BCUT2D eigenvalue weighted by Gasteiger charge is 2.34. The molecule has 0 radical (unpaired) electrons. The first-order valence-corrected chi connectivity index (χ1v) is 5.99. The average Bonchev–Trinajstić information content (AvgIpc) is 2.18. The van der Waals surface area contributed by atoms with E-state index >= 15 is 0 Å². The minimum atomic E-state index is -4.55. The number of rotatable bonds is 1. The second-order valence-corrected chi connectivity index (χ2v) is 5.76. The minimum absolute atomic E-state index is 0.122. The van der Waals surface area contributed by atoms with E-state index in [9.17, 15) is 18.0 Å². The molecule has 1 aromatic rings. The molecule has 1 N–H and O–H groups in total. The van der Waals surface area contributed by atoms with Crippen molar-refractivity contribution < 1.29 is 18.0 Å². The molecule has 0 saturated carbocycles. The molecule has 0 aliphatic carbocycles. The van der Waals surface area contributed by atoms with Crippen LogP contribution in [0, 0.1) is 12.3 Å². The molecule has 106 valence electrons. The summed E-state index contributed by atoms with van der Waals surface area (Å²) in [6.45, 7) is 6.62. The summed E-state index contributed by atoms with van der Waals surface area (Å²) in [5.74, 6) is -0.356. The Morgan fingerprint density at radius 1 is 1.21 bits per heavy atom. The summed E-state index contributed by atoms with van der Waals surface area (Å²) in [5, 5.41) is 2.12. The zero-order chi connectivity index (χ0) is 15.0. The molecule has 0 aliphatic heterocycles. The normalized spacial score (nSPS) is 12.4. The lowest BCUT2D eigenvalue weighted by molar-refractivity contribution is -0.137. The Bertz CT molecular complexity index is 504. The van der Waals surface area contributed by atoms with Crippen LogP contribution in [0.25, 0.3) is 0 Å². The number of hydrogen-bond acceptors (Lipinski definition) is 1. The van der Waals surface area contributed by atoms with Crippen LogP contribution in [-0.4, -0.2) is 5.91 Å². The number of aryl methyl sites for hydroxylation is 1. The lowest BCUT2D eigenvalue weighted by Crippen LogP contribution is -2.28. The minimum Gasteiger partial charge on any atom is -0.325 e. The molecule has 1 rings (SSSR count). The van der Waals surface area contributed by atoms with Gasteiger partial charge in [0, 0.05) is 11.1 Å². The maximum Gasteiger partial charge on any atom is 0.417 e. The molecule has 2 nitrogen and oxygen atoms in total. The highest BCUT2D eigenvalue weighted by molar-refractivity contribution is 6.31. The largest absolute Gasteiger partial charge is 0.417 e. The molecule has 0 bridgehead atoms. The van der Waals surface area contributed by atoms with Gasteiger partial charge in [0.25, 0.3) is 0 Å². The maximum absolute atomic E-state index is 12.7. The summed E-state index contributed by atoms with van der Waals surface area (Å²) >= 11 is 5.58. The zero-order valence-electron chi connectivity index (χ0n) is 11.1. The fourth-order valence-corrected chi connectivity index (χ4v) is 1.66. The van der Waals surface area contributed by atoms with Crippen molar-refractivity contribution in [2.24, 2.45) is 5.41 Å². The predicted molar refractivity (Wildman–Crippen MR) is 69.3 cm³/mol. The van der Waals surface area contributed by atoms with Crippen LogP contribution in [0.1, 0.15) is 31.9 Å².